The second kappa shape index (κ2) is 7.04. The molecule has 0 aliphatic carbocycles. The van der Waals surface area contributed by atoms with E-state index in [0.717, 1.165) is 5.20 Å². The van der Waals surface area contributed by atoms with Crippen LogP contribution in [0.15, 0.2) is 71.4 Å². The SMILES string of the molecule is CC([SiH2]C(c1ccccc1)c1ccccc1)=C(C)C(=O)O. The lowest BCUT2D eigenvalue weighted by Gasteiger charge is -2.18. The summed E-state index contributed by atoms with van der Waals surface area (Å²) in [5.41, 5.74) is 3.36. The van der Waals surface area contributed by atoms with Crippen LogP contribution in [0.25, 0.3) is 0 Å². The number of benzene rings is 2. The number of hydrogen-bond donors (Lipinski definition) is 1. The molecule has 1 N–H and O–H groups in total. The zero-order valence-corrected chi connectivity index (χ0v) is 13.8. The largest absolute Gasteiger partial charge is 0.478 e. The van der Waals surface area contributed by atoms with Gasteiger partial charge in [0.2, 0.25) is 0 Å². The molecule has 21 heavy (non-hydrogen) atoms. The summed E-state index contributed by atoms with van der Waals surface area (Å²) >= 11 is 0. The molecule has 0 saturated carbocycles. The highest BCUT2D eigenvalue weighted by Crippen LogP contribution is 2.25. The zero-order chi connectivity index (χ0) is 15.2. The Morgan fingerprint density at radius 3 is 1.71 bits per heavy atom. The van der Waals surface area contributed by atoms with Crippen LogP contribution in [-0.2, 0) is 4.79 Å². The third-order valence-corrected chi connectivity index (χ3v) is 6.37. The van der Waals surface area contributed by atoms with E-state index in [4.69, 9.17) is 0 Å². The van der Waals surface area contributed by atoms with E-state index >= 15 is 0 Å². The minimum Gasteiger partial charge on any atom is -0.478 e. The van der Waals surface area contributed by atoms with Crippen LogP contribution < -0.4 is 0 Å². The summed E-state index contributed by atoms with van der Waals surface area (Å²) in [6.45, 7) is 3.67. The molecule has 0 fully saturated rings. The van der Waals surface area contributed by atoms with Gasteiger partial charge in [-0.05, 0) is 25.0 Å². The first-order chi connectivity index (χ1) is 10.1. The molecule has 2 aromatic rings. The van der Waals surface area contributed by atoms with Gasteiger partial charge in [0.05, 0.1) is 9.52 Å². The van der Waals surface area contributed by atoms with Crippen LogP contribution in [0.1, 0.15) is 30.5 Å². The van der Waals surface area contributed by atoms with E-state index in [0.29, 0.717) is 11.1 Å². The summed E-state index contributed by atoms with van der Waals surface area (Å²) in [6, 6.07) is 20.7. The van der Waals surface area contributed by atoms with Crippen molar-refractivity contribution >= 4 is 15.5 Å². The number of allylic oxidation sites excluding steroid dienone is 1. The Kier molecular flexibility index (Phi) is 5.12. The molecule has 0 unspecified atom stereocenters. The van der Waals surface area contributed by atoms with Gasteiger partial charge in [0.25, 0.3) is 0 Å². The second-order valence-electron chi connectivity index (χ2n) is 5.29. The van der Waals surface area contributed by atoms with E-state index in [9.17, 15) is 9.90 Å². The van der Waals surface area contributed by atoms with Crippen LogP contribution in [-0.4, -0.2) is 20.6 Å². The highest BCUT2D eigenvalue weighted by atomic mass is 28.2. The molecule has 0 spiro atoms. The summed E-state index contributed by atoms with van der Waals surface area (Å²) in [7, 11) is -0.738. The molecule has 0 radical (unpaired) electrons. The predicted molar refractivity (Wildman–Crippen MR) is 89.3 cm³/mol. The standard InChI is InChI=1S/C18H20O2Si/c1-13(18(19)20)14(2)21-17(15-9-5-3-6-10-15)16-11-7-4-8-12-16/h3-12,17H,21H2,1-2H3,(H,19,20). The van der Waals surface area contributed by atoms with Gasteiger partial charge >= 0.3 is 5.97 Å². The lowest BCUT2D eigenvalue weighted by molar-refractivity contribution is -0.132. The van der Waals surface area contributed by atoms with Crippen molar-refractivity contribution in [2.45, 2.75) is 19.4 Å². The maximum atomic E-state index is 11.2. The van der Waals surface area contributed by atoms with Crippen LogP contribution in [0, 0.1) is 0 Å². The number of aliphatic carboxylic acids is 1. The van der Waals surface area contributed by atoms with Crippen molar-refractivity contribution in [2.75, 3.05) is 0 Å². The minimum absolute atomic E-state index is 0.321. The van der Waals surface area contributed by atoms with E-state index in [1.54, 1.807) is 6.92 Å². The summed E-state index contributed by atoms with van der Waals surface area (Å²) in [4.78, 5) is 11.2. The van der Waals surface area contributed by atoms with Gasteiger partial charge in [-0.15, -0.1) is 0 Å². The van der Waals surface area contributed by atoms with Gasteiger partial charge in [0.1, 0.15) is 0 Å². The number of carbonyl (C=O) groups is 1. The Hall–Kier alpha value is -2.13. The monoisotopic (exact) mass is 296 g/mol. The zero-order valence-electron chi connectivity index (χ0n) is 12.4. The number of hydrogen-bond acceptors (Lipinski definition) is 1. The van der Waals surface area contributed by atoms with Crippen molar-refractivity contribution in [3.63, 3.8) is 0 Å². The van der Waals surface area contributed by atoms with Gasteiger partial charge in [-0.2, -0.15) is 0 Å². The van der Waals surface area contributed by atoms with Gasteiger partial charge in [-0.1, -0.05) is 65.9 Å². The van der Waals surface area contributed by atoms with E-state index in [2.05, 4.69) is 24.3 Å². The van der Waals surface area contributed by atoms with Crippen LogP contribution >= 0.6 is 0 Å². The average molecular weight is 296 g/mol. The van der Waals surface area contributed by atoms with Crippen molar-refractivity contribution in [3.8, 4) is 0 Å². The molecule has 0 heterocycles. The summed E-state index contributed by atoms with van der Waals surface area (Å²) in [6.07, 6.45) is 0. The molecule has 108 valence electrons. The molecule has 3 heteroatoms. The molecule has 0 aliphatic heterocycles. The predicted octanol–water partition coefficient (Wildman–Crippen LogP) is 3.32. The Bertz CT molecular complexity index is 593. The Morgan fingerprint density at radius 1 is 0.905 bits per heavy atom. The number of carboxylic acids is 1. The van der Waals surface area contributed by atoms with Crippen LogP contribution in [0.5, 0.6) is 0 Å². The van der Waals surface area contributed by atoms with Gasteiger partial charge in [0.15, 0.2) is 0 Å². The van der Waals surface area contributed by atoms with E-state index in [1.165, 1.54) is 11.1 Å². The van der Waals surface area contributed by atoms with Crippen LogP contribution in [0.3, 0.4) is 0 Å². The lowest BCUT2D eigenvalue weighted by atomic mass is 10.0. The summed E-state index contributed by atoms with van der Waals surface area (Å²) in [5, 5.41) is 10.2. The molecule has 0 saturated heterocycles. The molecule has 0 aliphatic rings. The maximum Gasteiger partial charge on any atom is 0.330 e. The second-order valence-corrected chi connectivity index (χ2v) is 7.57. The minimum atomic E-state index is -0.806. The van der Waals surface area contributed by atoms with Crippen molar-refractivity contribution in [1.82, 2.24) is 0 Å². The van der Waals surface area contributed by atoms with Gasteiger partial charge in [-0.3, -0.25) is 0 Å². The first-order valence-electron chi connectivity index (χ1n) is 7.09. The fourth-order valence-electron chi connectivity index (χ4n) is 2.44. The van der Waals surface area contributed by atoms with Crippen molar-refractivity contribution < 1.29 is 9.90 Å². The first-order valence-corrected chi connectivity index (χ1v) is 8.61. The van der Waals surface area contributed by atoms with E-state index in [-0.39, 0.29) is 0 Å². The topological polar surface area (TPSA) is 37.3 Å². The molecular weight excluding hydrogens is 276 g/mol. The van der Waals surface area contributed by atoms with Crippen LogP contribution in [0.2, 0.25) is 0 Å². The third kappa shape index (κ3) is 3.92. The molecule has 2 aromatic carbocycles. The van der Waals surface area contributed by atoms with E-state index in [1.807, 2.05) is 43.3 Å². The molecule has 0 aromatic heterocycles. The normalized spacial score (nSPS) is 12.7. The molecule has 2 nitrogen and oxygen atoms in total. The quantitative estimate of drug-likeness (QED) is 0.679. The van der Waals surface area contributed by atoms with Gasteiger partial charge < -0.3 is 5.11 Å². The fraction of sp³-hybridized carbons (Fsp3) is 0.167. The van der Waals surface area contributed by atoms with Gasteiger partial charge in [0, 0.05) is 11.1 Å². The first kappa shape index (κ1) is 15.3. The maximum absolute atomic E-state index is 11.2. The Balaban J connectivity index is 2.39. The Morgan fingerprint density at radius 2 is 1.33 bits per heavy atom. The smallest absolute Gasteiger partial charge is 0.330 e. The number of carboxylic acid groups (broad SMARTS) is 1. The molecule has 0 bridgehead atoms. The van der Waals surface area contributed by atoms with Crippen LogP contribution in [0.4, 0.5) is 0 Å². The Labute approximate surface area is 128 Å². The molecule has 2 rings (SSSR count). The highest BCUT2D eigenvalue weighted by Gasteiger charge is 2.17. The molecule has 0 amide bonds. The summed E-state index contributed by atoms with van der Waals surface area (Å²) < 4.78 is 0. The van der Waals surface area contributed by atoms with Crippen molar-refractivity contribution in [1.29, 1.82) is 0 Å². The third-order valence-electron chi connectivity index (χ3n) is 3.88. The number of rotatable bonds is 5. The lowest BCUT2D eigenvalue weighted by Crippen LogP contribution is -2.14. The average Bonchev–Trinajstić information content (AvgIpc) is 2.53. The fourth-order valence-corrected chi connectivity index (χ4v) is 4.53. The summed E-state index contributed by atoms with van der Waals surface area (Å²) in [5.74, 6) is -0.806. The van der Waals surface area contributed by atoms with Gasteiger partial charge in [-0.25, -0.2) is 4.79 Å². The molecule has 0 atom stereocenters. The van der Waals surface area contributed by atoms with E-state index < -0.39 is 15.5 Å². The van der Waals surface area contributed by atoms with Crippen molar-refractivity contribution in [3.05, 3.63) is 82.6 Å². The molecular formula is C18H20O2Si. The highest BCUT2D eigenvalue weighted by molar-refractivity contribution is 6.49. The van der Waals surface area contributed by atoms with Crippen molar-refractivity contribution in [2.24, 2.45) is 0 Å².